The van der Waals surface area contributed by atoms with Crippen molar-refractivity contribution in [1.29, 1.82) is 0 Å². The Morgan fingerprint density at radius 2 is 1.95 bits per heavy atom. The van der Waals surface area contributed by atoms with Crippen LogP contribution in [0.4, 0.5) is 0 Å². The first kappa shape index (κ1) is 16.3. The number of rotatable bonds is 4. The summed E-state index contributed by atoms with van der Waals surface area (Å²) < 4.78 is 27.0. The number of piperidine rings is 1. The van der Waals surface area contributed by atoms with Gasteiger partial charge in [0.15, 0.2) is 0 Å². The largest absolute Gasteiger partial charge is 0.343 e. The topological polar surface area (TPSA) is 66.5 Å². The quantitative estimate of drug-likeness (QED) is 0.916. The van der Waals surface area contributed by atoms with Crippen molar-refractivity contribution in [3.05, 3.63) is 29.3 Å². The summed E-state index contributed by atoms with van der Waals surface area (Å²) in [5.41, 5.74) is 0. The maximum Gasteiger partial charge on any atom is 0.242 e. The number of amides is 1. The third-order valence-corrected chi connectivity index (χ3v) is 5.67. The van der Waals surface area contributed by atoms with Gasteiger partial charge in [0.2, 0.25) is 15.9 Å². The molecular formula is C14H19ClN2O3S. The summed E-state index contributed by atoms with van der Waals surface area (Å²) in [6.07, 6.45) is 1.62. The summed E-state index contributed by atoms with van der Waals surface area (Å²) in [7, 11) is -3.58. The number of halogens is 1. The molecule has 2 rings (SSSR count). The minimum Gasteiger partial charge on any atom is -0.343 e. The highest BCUT2D eigenvalue weighted by Gasteiger charge is 2.23. The Morgan fingerprint density at radius 3 is 2.52 bits per heavy atom. The van der Waals surface area contributed by atoms with E-state index in [1.54, 1.807) is 30.0 Å². The van der Waals surface area contributed by atoms with E-state index in [0.717, 1.165) is 12.8 Å². The van der Waals surface area contributed by atoms with E-state index in [2.05, 4.69) is 4.72 Å². The summed E-state index contributed by atoms with van der Waals surface area (Å²) in [6.45, 7) is 3.31. The molecule has 0 unspecified atom stereocenters. The molecule has 1 aromatic carbocycles. The van der Waals surface area contributed by atoms with E-state index < -0.39 is 10.0 Å². The highest BCUT2D eigenvalue weighted by atomic mass is 35.5. The fourth-order valence-electron chi connectivity index (χ4n) is 2.42. The molecule has 5 nitrogen and oxygen atoms in total. The van der Waals surface area contributed by atoms with E-state index >= 15 is 0 Å². The second kappa shape index (κ2) is 6.77. The first-order valence-electron chi connectivity index (χ1n) is 6.90. The monoisotopic (exact) mass is 330 g/mol. The third-order valence-electron chi connectivity index (χ3n) is 3.75. The van der Waals surface area contributed by atoms with Crippen LogP contribution in [0, 0.1) is 5.92 Å². The molecule has 0 saturated carbocycles. The lowest BCUT2D eigenvalue weighted by atomic mass is 9.97. The molecule has 0 bridgehead atoms. The van der Waals surface area contributed by atoms with Crippen LogP contribution >= 0.6 is 11.6 Å². The second-order valence-corrected chi connectivity index (χ2v) is 7.37. The van der Waals surface area contributed by atoms with Crippen molar-refractivity contribution < 1.29 is 13.2 Å². The van der Waals surface area contributed by atoms with Crippen molar-refractivity contribution in [2.75, 3.05) is 19.6 Å². The maximum atomic E-state index is 12.2. The zero-order valence-electron chi connectivity index (χ0n) is 11.9. The zero-order chi connectivity index (χ0) is 15.5. The van der Waals surface area contributed by atoms with Crippen LogP contribution in [0.15, 0.2) is 29.2 Å². The van der Waals surface area contributed by atoms with Crippen molar-refractivity contribution in [3.63, 3.8) is 0 Å². The van der Waals surface area contributed by atoms with Gasteiger partial charge in [-0.05, 0) is 30.9 Å². The van der Waals surface area contributed by atoms with Gasteiger partial charge in [-0.3, -0.25) is 4.79 Å². The van der Waals surface area contributed by atoms with Crippen LogP contribution in [-0.2, 0) is 14.8 Å². The molecule has 116 valence electrons. The molecule has 0 aromatic heterocycles. The van der Waals surface area contributed by atoms with Gasteiger partial charge >= 0.3 is 0 Å². The van der Waals surface area contributed by atoms with Gasteiger partial charge in [-0.15, -0.1) is 0 Å². The lowest BCUT2D eigenvalue weighted by molar-refractivity contribution is -0.130. The molecule has 1 aliphatic heterocycles. The average Bonchev–Trinajstić information content (AvgIpc) is 2.46. The fraction of sp³-hybridized carbons (Fsp3) is 0.500. The molecule has 0 spiro atoms. The van der Waals surface area contributed by atoms with Crippen molar-refractivity contribution in [1.82, 2.24) is 9.62 Å². The lowest BCUT2D eigenvalue weighted by Crippen LogP contribution is -2.40. The minimum absolute atomic E-state index is 0.0742. The summed E-state index contributed by atoms with van der Waals surface area (Å²) in [5, 5.41) is 0.219. The Kier molecular flexibility index (Phi) is 5.24. The molecule has 0 radical (unpaired) electrons. The number of likely N-dealkylation sites (tertiary alicyclic amines) is 1. The average molecular weight is 331 g/mol. The van der Waals surface area contributed by atoms with Crippen LogP contribution in [0.3, 0.4) is 0 Å². The first-order valence-corrected chi connectivity index (χ1v) is 8.76. The number of hydrogen-bond donors (Lipinski definition) is 1. The van der Waals surface area contributed by atoms with Crippen molar-refractivity contribution in [3.8, 4) is 0 Å². The van der Waals surface area contributed by atoms with Crippen LogP contribution in [-0.4, -0.2) is 38.9 Å². The molecule has 0 atom stereocenters. The number of carbonyl (C=O) groups excluding carboxylic acids is 1. The Balaban J connectivity index is 1.92. The molecule has 0 aliphatic carbocycles. The maximum absolute atomic E-state index is 12.2. The van der Waals surface area contributed by atoms with Crippen LogP contribution in [0.5, 0.6) is 0 Å². The number of sulfonamides is 1. The smallest absolute Gasteiger partial charge is 0.242 e. The number of hydrogen-bond acceptors (Lipinski definition) is 3. The zero-order valence-corrected chi connectivity index (χ0v) is 13.5. The lowest BCUT2D eigenvalue weighted by Gasteiger charge is -2.31. The molecule has 1 N–H and O–H groups in total. The standard InChI is InChI=1S/C14H19ClN2O3S/c1-11(18)17-8-6-12(7-9-17)10-16-21(19,20)14-5-3-2-4-13(14)15/h2-5,12,16H,6-10H2,1H3. The Labute approximate surface area is 130 Å². The third kappa shape index (κ3) is 4.18. The van der Waals surface area contributed by atoms with E-state index in [9.17, 15) is 13.2 Å². The van der Waals surface area contributed by atoms with Gasteiger partial charge in [-0.2, -0.15) is 0 Å². The fourth-order valence-corrected chi connectivity index (χ4v) is 4.05. The molecule has 1 fully saturated rings. The predicted octanol–water partition coefficient (Wildman–Crippen LogP) is 1.88. The minimum atomic E-state index is -3.58. The second-order valence-electron chi connectivity index (χ2n) is 5.23. The van der Waals surface area contributed by atoms with Gasteiger partial charge < -0.3 is 4.90 Å². The van der Waals surface area contributed by atoms with Crippen molar-refractivity contribution in [2.24, 2.45) is 5.92 Å². The number of carbonyl (C=O) groups is 1. The predicted molar refractivity (Wildman–Crippen MR) is 81.6 cm³/mol. The molecule has 1 heterocycles. The van der Waals surface area contributed by atoms with Crippen LogP contribution in [0.2, 0.25) is 5.02 Å². The number of benzene rings is 1. The van der Waals surface area contributed by atoms with Gasteiger partial charge in [-0.25, -0.2) is 13.1 Å². The molecule has 1 aromatic rings. The van der Waals surface area contributed by atoms with E-state index in [-0.39, 0.29) is 21.7 Å². The Hall–Kier alpha value is -1.11. The summed E-state index contributed by atoms with van der Waals surface area (Å²) in [4.78, 5) is 13.1. The molecule has 7 heteroatoms. The molecular weight excluding hydrogens is 312 g/mol. The molecule has 1 amide bonds. The number of nitrogens with zero attached hydrogens (tertiary/aromatic N) is 1. The van der Waals surface area contributed by atoms with E-state index in [0.29, 0.717) is 19.6 Å². The van der Waals surface area contributed by atoms with Crippen LogP contribution in [0.1, 0.15) is 19.8 Å². The summed E-state index contributed by atoms with van der Waals surface area (Å²) >= 11 is 5.92. The Morgan fingerprint density at radius 1 is 1.33 bits per heavy atom. The summed E-state index contributed by atoms with van der Waals surface area (Å²) in [5.74, 6) is 0.322. The Bertz CT molecular complexity index is 610. The molecule has 21 heavy (non-hydrogen) atoms. The number of nitrogens with one attached hydrogen (secondary N) is 1. The van der Waals surface area contributed by atoms with Gasteiger partial charge in [0.05, 0.1) is 5.02 Å². The SMILES string of the molecule is CC(=O)N1CCC(CNS(=O)(=O)c2ccccc2Cl)CC1. The van der Waals surface area contributed by atoms with Crippen LogP contribution < -0.4 is 4.72 Å². The highest BCUT2D eigenvalue weighted by molar-refractivity contribution is 7.89. The van der Waals surface area contributed by atoms with Crippen molar-refractivity contribution in [2.45, 2.75) is 24.7 Å². The van der Waals surface area contributed by atoms with Crippen molar-refractivity contribution >= 4 is 27.5 Å². The normalized spacial score (nSPS) is 17.0. The highest BCUT2D eigenvalue weighted by Crippen LogP contribution is 2.21. The van der Waals surface area contributed by atoms with E-state index in [1.165, 1.54) is 6.07 Å². The molecule has 1 saturated heterocycles. The van der Waals surface area contributed by atoms with Crippen LogP contribution in [0.25, 0.3) is 0 Å². The summed E-state index contributed by atoms with van der Waals surface area (Å²) in [6, 6.07) is 6.38. The van der Waals surface area contributed by atoms with Gasteiger partial charge in [0.25, 0.3) is 0 Å². The van der Waals surface area contributed by atoms with E-state index in [4.69, 9.17) is 11.6 Å². The van der Waals surface area contributed by atoms with Gasteiger partial charge in [-0.1, -0.05) is 23.7 Å². The van der Waals surface area contributed by atoms with E-state index in [1.807, 2.05) is 0 Å². The van der Waals surface area contributed by atoms with Gasteiger partial charge in [0, 0.05) is 26.6 Å². The molecule has 1 aliphatic rings. The first-order chi connectivity index (χ1) is 9.90. The van der Waals surface area contributed by atoms with Gasteiger partial charge in [0.1, 0.15) is 4.90 Å².